The van der Waals surface area contributed by atoms with Crippen molar-refractivity contribution in [1.29, 1.82) is 0 Å². The largest absolute Gasteiger partial charge is 0.508 e. The molecular weight excluding hydrogens is 248 g/mol. The van der Waals surface area contributed by atoms with Crippen LogP contribution in [0.4, 0.5) is 0 Å². The summed E-state index contributed by atoms with van der Waals surface area (Å²) in [5.41, 5.74) is 0.812. The molecule has 0 aromatic heterocycles. The van der Waals surface area contributed by atoms with Gasteiger partial charge in [0.25, 0.3) is 0 Å². The topological polar surface area (TPSA) is 26.7 Å². The van der Waals surface area contributed by atoms with Crippen LogP contribution in [-0.4, -0.2) is 48.1 Å². The van der Waals surface area contributed by atoms with Gasteiger partial charge in [0.05, 0.1) is 0 Å². The van der Waals surface area contributed by atoms with Crippen molar-refractivity contribution in [3.8, 4) is 5.75 Å². The first-order valence-corrected chi connectivity index (χ1v) is 6.68. The van der Waals surface area contributed by atoms with Gasteiger partial charge in [0, 0.05) is 29.7 Å². The Morgan fingerprint density at radius 1 is 1.33 bits per heavy atom. The summed E-state index contributed by atoms with van der Waals surface area (Å²) in [5, 5.41) is 10.5. The fourth-order valence-electron chi connectivity index (χ4n) is 2.13. The molecule has 0 aliphatic carbocycles. The number of phenols is 1. The van der Waals surface area contributed by atoms with Gasteiger partial charge >= 0.3 is 0 Å². The third kappa shape index (κ3) is 4.16. The number of likely N-dealkylation sites (N-methyl/N-ethyl adjacent to an activating group) is 2. The molecule has 1 N–H and O–H groups in total. The van der Waals surface area contributed by atoms with Gasteiger partial charge in [-0.05, 0) is 39.7 Å². The molecule has 0 heterocycles. The van der Waals surface area contributed by atoms with Gasteiger partial charge in [-0.15, -0.1) is 0 Å². The molecule has 0 aliphatic heterocycles. The van der Waals surface area contributed by atoms with Crippen molar-refractivity contribution in [2.24, 2.45) is 0 Å². The molecule has 0 radical (unpaired) electrons. The van der Waals surface area contributed by atoms with Crippen LogP contribution in [-0.2, 0) is 6.54 Å². The highest BCUT2D eigenvalue weighted by atomic mass is 35.5. The first kappa shape index (κ1) is 15.3. The number of rotatable bonds is 6. The smallest absolute Gasteiger partial charge is 0.121 e. The second-order valence-electron chi connectivity index (χ2n) is 4.91. The fraction of sp³-hybridized carbons (Fsp3) is 0.571. The van der Waals surface area contributed by atoms with Crippen LogP contribution in [0.5, 0.6) is 5.75 Å². The molecule has 3 nitrogen and oxygen atoms in total. The Morgan fingerprint density at radius 2 is 2.00 bits per heavy atom. The lowest BCUT2D eigenvalue weighted by Gasteiger charge is -2.30. The van der Waals surface area contributed by atoms with Gasteiger partial charge in [-0.25, -0.2) is 0 Å². The molecule has 0 aliphatic rings. The van der Waals surface area contributed by atoms with E-state index in [1.807, 2.05) is 6.07 Å². The molecule has 0 bridgehead atoms. The average Bonchev–Trinajstić information content (AvgIpc) is 2.27. The van der Waals surface area contributed by atoms with Crippen molar-refractivity contribution in [3.05, 3.63) is 28.8 Å². The minimum atomic E-state index is 0.276. The number of hydrogen-bond donors (Lipinski definition) is 1. The zero-order valence-electron chi connectivity index (χ0n) is 11.7. The standard InChI is InChI=1S/C14H23ClN2O/c1-5-17(11(2)9-16(3)4)10-12-13(15)7-6-8-14(12)18/h6-8,11,18H,5,9-10H2,1-4H3. The summed E-state index contributed by atoms with van der Waals surface area (Å²) in [6, 6.07) is 5.69. The van der Waals surface area contributed by atoms with Crippen LogP contribution in [0.1, 0.15) is 19.4 Å². The summed E-state index contributed by atoms with van der Waals surface area (Å²) in [7, 11) is 4.13. The van der Waals surface area contributed by atoms with Crippen LogP contribution < -0.4 is 0 Å². The van der Waals surface area contributed by atoms with Crippen molar-refractivity contribution in [1.82, 2.24) is 9.80 Å². The molecule has 18 heavy (non-hydrogen) atoms. The highest BCUT2D eigenvalue weighted by molar-refractivity contribution is 6.31. The van der Waals surface area contributed by atoms with Gasteiger partial charge in [-0.3, -0.25) is 4.90 Å². The fourth-order valence-corrected chi connectivity index (χ4v) is 2.36. The molecule has 0 saturated heterocycles. The Balaban J connectivity index is 2.79. The van der Waals surface area contributed by atoms with Crippen LogP contribution in [0, 0.1) is 0 Å². The van der Waals surface area contributed by atoms with Crippen LogP contribution in [0.2, 0.25) is 5.02 Å². The second kappa shape index (κ2) is 6.98. The Hall–Kier alpha value is -0.770. The molecule has 0 amide bonds. The van der Waals surface area contributed by atoms with Crippen molar-refractivity contribution in [2.45, 2.75) is 26.4 Å². The minimum Gasteiger partial charge on any atom is -0.508 e. The van der Waals surface area contributed by atoms with Crippen LogP contribution in [0.25, 0.3) is 0 Å². The van der Waals surface area contributed by atoms with Crippen molar-refractivity contribution in [3.63, 3.8) is 0 Å². The minimum absolute atomic E-state index is 0.276. The Bertz CT molecular complexity index is 362. The average molecular weight is 271 g/mol. The maximum Gasteiger partial charge on any atom is 0.121 e. The SMILES string of the molecule is CCN(Cc1c(O)cccc1Cl)C(C)CN(C)C. The van der Waals surface area contributed by atoms with Crippen molar-refractivity contribution >= 4 is 11.6 Å². The van der Waals surface area contributed by atoms with Gasteiger partial charge in [0.2, 0.25) is 0 Å². The molecule has 0 spiro atoms. The molecular formula is C14H23ClN2O. The maximum atomic E-state index is 9.88. The molecule has 1 unspecified atom stereocenters. The van der Waals surface area contributed by atoms with Crippen molar-refractivity contribution < 1.29 is 5.11 Å². The zero-order valence-corrected chi connectivity index (χ0v) is 12.4. The summed E-state index contributed by atoms with van der Waals surface area (Å²) in [5.74, 6) is 0.276. The number of halogens is 1. The number of benzene rings is 1. The number of nitrogens with zero attached hydrogens (tertiary/aromatic N) is 2. The second-order valence-corrected chi connectivity index (χ2v) is 5.32. The summed E-state index contributed by atoms with van der Waals surface area (Å²) in [4.78, 5) is 4.47. The van der Waals surface area contributed by atoms with Gasteiger partial charge in [-0.1, -0.05) is 24.6 Å². The van der Waals surface area contributed by atoms with E-state index in [4.69, 9.17) is 11.6 Å². The van der Waals surface area contributed by atoms with Crippen molar-refractivity contribution in [2.75, 3.05) is 27.2 Å². The molecule has 102 valence electrons. The number of hydrogen-bond acceptors (Lipinski definition) is 3. The van der Waals surface area contributed by atoms with Crippen LogP contribution in [0.15, 0.2) is 18.2 Å². The molecule has 1 aromatic carbocycles. The summed E-state index contributed by atoms with van der Waals surface area (Å²) >= 11 is 6.14. The zero-order chi connectivity index (χ0) is 13.7. The maximum absolute atomic E-state index is 9.88. The highest BCUT2D eigenvalue weighted by Gasteiger charge is 2.16. The monoisotopic (exact) mass is 270 g/mol. The van der Waals surface area contributed by atoms with E-state index in [1.54, 1.807) is 12.1 Å². The lowest BCUT2D eigenvalue weighted by atomic mass is 10.1. The molecule has 1 atom stereocenters. The van der Waals surface area contributed by atoms with E-state index in [0.717, 1.165) is 18.7 Å². The van der Waals surface area contributed by atoms with Gasteiger partial charge in [0.15, 0.2) is 0 Å². The highest BCUT2D eigenvalue weighted by Crippen LogP contribution is 2.27. The van der Waals surface area contributed by atoms with Gasteiger partial charge < -0.3 is 10.0 Å². The van der Waals surface area contributed by atoms with E-state index in [2.05, 4.69) is 37.7 Å². The van der Waals surface area contributed by atoms with E-state index in [0.29, 0.717) is 17.6 Å². The Morgan fingerprint density at radius 3 is 2.50 bits per heavy atom. The predicted molar refractivity (Wildman–Crippen MR) is 77.2 cm³/mol. The van der Waals surface area contributed by atoms with E-state index in [-0.39, 0.29) is 5.75 Å². The molecule has 4 heteroatoms. The third-order valence-electron chi connectivity index (χ3n) is 3.11. The first-order valence-electron chi connectivity index (χ1n) is 6.30. The molecule has 0 saturated carbocycles. The van der Waals surface area contributed by atoms with Crippen LogP contribution >= 0.6 is 11.6 Å². The lowest BCUT2D eigenvalue weighted by Crippen LogP contribution is -2.39. The quantitative estimate of drug-likeness (QED) is 0.861. The first-order chi connectivity index (χ1) is 8.45. The molecule has 1 rings (SSSR count). The summed E-state index contributed by atoms with van der Waals surface area (Å²) < 4.78 is 0. The number of aromatic hydroxyl groups is 1. The third-order valence-corrected chi connectivity index (χ3v) is 3.47. The predicted octanol–water partition coefficient (Wildman–Crippen LogP) is 2.82. The summed E-state index contributed by atoms with van der Waals surface area (Å²) in [6.45, 7) is 6.91. The normalized spacial score (nSPS) is 13.3. The molecule has 0 fully saturated rings. The van der Waals surface area contributed by atoms with E-state index >= 15 is 0 Å². The lowest BCUT2D eigenvalue weighted by molar-refractivity contribution is 0.173. The van der Waals surface area contributed by atoms with E-state index < -0.39 is 0 Å². The Labute approximate surface area is 115 Å². The molecule has 1 aromatic rings. The van der Waals surface area contributed by atoms with Crippen LogP contribution in [0.3, 0.4) is 0 Å². The van der Waals surface area contributed by atoms with Gasteiger partial charge in [0.1, 0.15) is 5.75 Å². The number of phenolic OH excluding ortho intramolecular Hbond substituents is 1. The van der Waals surface area contributed by atoms with Gasteiger partial charge in [-0.2, -0.15) is 0 Å². The Kier molecular flexibility index (Phi) is 5.93. The van der Waals surface area contributed by atoms with E-state index in [9.17, 15) is 5.11 Å². The summed E-state index contributed by atoms with van der Waals surface area (Å²) in [6.07, 6.45) is 0. The van der Waals surface area contributed by atoms with E-state index in [1.165, 1.54) is 0 Å².